The summed E-state index contributed by atoms with van der Waals surface area (Å²) < 4.78 is 10.8. The maximum absolute atomic E-state index is 12.9. The number of Topliss-reactive ketones (excluding diaryl/α,β-unsaturated/α-hetero) is 1. The molecule has 0 saturated carbocycles. The molecule has 0 unspecified atom stereocenters. The van der Waals surface area contributed by atoms with E-state index in [2.05, 4.69) is 4.98 Å². The number of carbonyl (C=O) groups is 2. The van der Waals surface area contributed by atoms with Crippen molar-refractivity contribution in [1.29, 1.82) is 0 Å². The summed E-state index contributed by atoms with van der Waals surface area (Å²) in [5.41, 5.74) is 4.06. The van der Waals surface area contributed by atoms with Crippen LogP contribution in [-0.4, -0.2) is 23.3 Å². The smallest absolute Gasteiger partial charge is 0.339 e. The van der Waals surface area contributed by atoms with E-state index in [1.807, 2.05) is 60.7 Å². The van der Waals surface area contributed by atoms with Crippen LogP contribution in [0.4, 0.5) is 0 Å². The minimum absolute atomic E-state index is 0.271. The number of ketones is 1. The summed E-state index contributed by atoms with van der Waals surface area (Å²) >= 11 is 0. The normalized spacial score (nSPS) is 10.8. The van der Waals surface area contributed by atoms with Crippen LogP contribution in [0.15, 0.2) is 108 Å². The topological polar surface area (TPSA) is 69.4 Å². The molecule has 2 aromatic heterocycles. The Bertz CT molecular complexity index is 1420. The lowest BCUT2D eigenvalue weighted by atomic mass is 10.0. The molecule has 0 aliphatic heterocycles. The van der Waals surface area contributed by atoms with Crippen molar-refractivity contribution in [3.63, 3.8) is 0 Å². The Kier molecular flexibility index (Phi) is 5.52. The third-order valence-electron chi connectivity index (χ3n) is 5.36. The fourth-order valence-electron chi connectivity index (χ4n) is 3.67. The summed E-state index contributed by atoms with van der Waals surface area (Å²) in [6, 6.07) is 29.6. The van der Waals surface area contributed by atoms with E-state index in [1.54, 1.807) is 42.7 Å². The lowest BCUT2D eigenvalue weighted by molar-refractivity contribution is 0.0476. The standard InChI is InChI=1S/C28H19NO4/c30-26(21-14-12-20(13-15-21)19-7-2-1-3-8-19)18-33-28(31)23-17-25(27-11-6-16-32-27)29-24-10-5-4-9-22(23)24/h1-17H,18H2. The van der Waals surface area contributed by atoms with Crippen LogP contribution >= 0.6 is 0 Å². The van der Waals surface area contributed by atoms with E-state index in [1.165, 1.54) is 0 Å². The number of hydrogen-bond acceptors (Lipinski definition) is 5. The molecular weight excluding hydrogens is 414 g/mol. The van der Waals surface area contributed by atoms with Crippen LogP contribution in [0, 0.1) is 0 Å². The van der Waals surface area contributed by atoms with Gasteiger partial charge in [-0.3, -0.25) is 4.79 Å². The van der Waals surface area contributed by atoms with Gasteiger partial charge in [-0.15, -0.1) is 0 Å². The van der Waals surface area contributed by atoms with Crippen LogP contribution in [0.5, 0.6) is 0 Å². The zero-order chi connectivity index (χ0) is 22.6. The molecule has 3 aromatic carbocycles. The Morgan fingerprint density at radius 1 is 0.788 bits per heavy atom. The number of nitrogens with zero attached hydrogens (tertiary/aromatic N) is 1. The van der Waals surface area contributed by atoms with Crippen LogP contribution < -0.4 is 0 Å². The Balaban J connectivity index is 1.34. The highest BCUT2D eigenvalue weighted by Crippen LogP contribution is 2.26. The number of pyridine rings is 1. The molecule has 5 heteroatoms. The fourth-order valence-corrected chi connectivity index (χ4v) is 3.67. The van der Waals surface area contributed by atoms with Crippen molar-refractivity contribution in [2.75, 3.05) is 6.61 Å². The molecule has 0 amide bonds. The first-order chi connectivity index (χ1) is 16.2. The summed E-state index contributed by atoms with van der Waals surface area (Å²) in [7, 11) is 0. The van der Waals surface area contributed by atoms with Gasteiger partial charge in [0, 0.05) is 10.9 Å². The van der Waals surface area contributed by atoms with Crippen LogP contribution in [0.3, 0.4) is 0 Å². The van der Waals surface area contributed by atoms with Crippen molar-refractivity contribution in [3.05, 3.63) is 114 Å². The molecule has 0 fully saturated rings. The highest BCUT2D eigenvalue weighted by molar-refractivity contribution is 6.06. The molecule has 0 atom stereocenters. The SMILES string of the molecule is O=C(COC(=O)c1cc(-c2ccco2)nc2ccccc12)c1ccc(-c2ccccc2)cc1. The monoisotopic (exact) mass is 433 g/mol. The number of carbonyl (C=O) groups excluding carboxylic acids is 2. The second-order valence-corrected chi connectivity index (χ2v) is 7.49. The highest BCUT2D eigenvalue weighted by atomic mass is 16.5. The molecule has 0 spiro atoms. The van der Waals surface area contributed by atoms with E-state index >= 15 is 0 Å². The van der Waals surface area contributed by atoms with Crippen LogP contribution in [-0.2, 0) is 4.74 Å². The summed E-state index contributed by atoms with van der Waals surface area (Å²) in [5.74, 6) is -0.312. The van der Waals surface area contributed by atoms with Crippen molar-refractivity contribution in [3.8, 4) is 22.6 Å². The van der Waals surface area contributed by atoms with E-state index in [4.69, 9.17) is 9.15 Å². The van der Waals surface area contributed by atoms with Crippen molar-refractivity contribution in [2.45, 2.75) is 0 Å². The van der Waals surface area contributed by atoms with Crippen molar-refractivity contribution in [1.82, 2.24) is 4.98 Å². The van der Waals surface area contributed by atoms with Gasteiger partial charge in [-0.1, -0.05) is 72.8 Å². The maximum atomic E-state index is 12.9. The zero-order valence-electron chi connectivity index (χ0n) is 17.6. The van der Waals surface area contributed by atoms with Gasteiger partial charge in [0.15, 0.2) is 18.2 Å². The number of fused-ring (bicyclic) bond motifs is 1. The largest absolute Gasteiger partial charge is 0.463 e. The molecular formula is C28H19NO4. The first-order valence-electron chi connectivity index (χ1n) is 10.5. The summed E-state index contributed by atoms with van der Waals surface area (Å²) in [4.78, 5) is 30.1. The van der Waals surface area contributed by atoms with Crippen LogP contribution in [0.1, 0.15) is 20.7 Å². The number of ether oxygens (including phenoxy) is 1. The first-order valence-corrected chi connectivity index (χ1v) is 10.5. The van der Waals surface area contributed by atoms with Gasteiger partial charge in [0.1, 0.15) is 5.69 Å². The third-order valence-corrected chi connectivity index (χ3v) is 5.36. The molecule has 2 heterocycles. The number of furan rings is 1. The van der Waals surface area contributed by atoms with Crippen LogP contribution in [0.2, 0.25) is 0 Å². The van der Waals surface area contributed by atoms with Gasteiger partial charge in [0.05, 0.1) is 17.3 Å². The number of benzene rings is 3. The van der Waals surface area contributed by atoms with Gasteiger partial charge < -0.3 is 9.15 Å². The van der Waals surface area contributed by atoms with E-state index in [-0.39, 0.29) is 12.4 Å². The second-order valence-electron chi connectivity index (χ2n) is 7.49. The molecule has 5 rings (SSSR count). The first kappa shape index (κ1) is 20.4. The van der Waals surface area contributed by atoms with Gasteiger partial charge in [-0.25, -0.2) is 9.78 Å². The Hall–Kier alpha value is -4.51. The van der Waals surface area contributed by atoms with Crippen molar-refractivity contribution < 1.29 is 18.7 Å². The minimum atomic E-state index is -0.587. The van der Waals surface area contributed by atoms with Gasteiger partial charge in [0.25, 0.3) is 0 Å². The Labute approximate surface area is 190 Å². The number of esters is 1. The maximum Gasteiger partial charge on any atom is 0.339 e. The van der Waals surface area contributed by atoms with E-state index in [0.29, 0.717) is 33.5 Å². The minimum Gasteiger partial charge on any atom is -0.463 e. The van der Waals surface area contributed by atoms with Crippen LogP contribution in [0.25, 0.3) is 33.5 Å². The zero-order valence-corrected chi connectivity index (χ0v) is 17.6. The van der Waals surface area contributed by atoms with Gasteiger partial charge in [-0.2, -0.15) is 0 Å². The molecule has 0 bridgehead atoms. The summed E-state index contributed by atoms with van der Waals surface area (Å²) in [6.07, 6.45) is 1.55. The molecule has 33 heavy (non-hydrogen) atoms. The van der Waals surface area contributed by atoms with Gasteiger partial charge in [0.2, 0.25) is 0 Å². The number of hydrogen-bond donors (Lipinski definition) is 0. The third kappa shape index (κ3) is 4.29. The molecule has 0 N–H and O–H groups in total. The molecule has 0 aliphatic carbocycles. The Morgan fingerprint density at radius 3 is 2.27 bits per heavy atom. The summed E-state index contributed by atoms with van der Waals surface area (Å²) in [5, 5.41) is 0.650. The van der Waals surface area contributed by atoms with Crippen molar-refractivity contribution >= 4 is 22.7 Å². The second kappa shape index (κ2) is 8.93. The van der Waals surface area contributed by atoms with E-state index < -0.39 is 5.97 Å². The molecule has 5 nitrogen and oxygen atoms in total. The molecule has 0 saturated heterocycles. The summed E-state index contributed by atoms with van der Waals surface area (Å²) in [6.45, 7) is -0.351. The van der Waals surface area contributed by atoms with E-state index in [9.17, 15) is 9.59 Å². The van der Waals surface area contributed by atoms with Gasteiger partial charge in [-0.05, 0) is 35.4 Å². The van der Waals surface area contributed by atoms with E-state index in [0.717, 1.165) is 11.1 Å². The van der Waals surface area contributed by atoms with Crippen molar-refractivity contribution in [2.24, 2.45) is 0 Å². The fraction of sp³-hybridized carbons (Fsp3) is 0.0357. The Morgan fingerprint density at radius 2 is 1.52 bits per heavy atom. The average Bonchev–Trinajstić information content (AvgIpc) is 3.42. The molecule has 5 aromatic rings. The predicted molar refractivity (Wildman–Crippen MR) is 126 cm³/mol. The number of para-hydroxylation sites is 1. The molecule has 0 aliphatic rings. The quantitative estimate of drug-likeness (QED) is 0.235. The lowest BCUT2D eigenvalue weighted by Gasteiger charge is -2.09. The lowest BCUT2D eigenvalue weighted by Crippen LogP contribution is -2.15. The predicted octanol–water partition coefficient (Wildman–Crippen LogP) is 6.20. The molecule has 160 valence electrons. The number of aromatic nitrogens is 1. The average molecular weight is 433 g/mol. The highest BCUT2D eigenvalue weighted by Gasteiger charge is 2.18. The number of rotatable bonds is 6. The van der Waals surface area contributed by atoms with Gasteiger partial charge >= 0.3 is 5.97 Å². The molecule has 0 radical (unpaired) electrons.